The third kappa shape index (κ3) is 2.40. The van der Waals surface area contributed by atoms with Gasteiger partial charge in [-0.25, -0.2) is 0 Å². The van der Waals surface area contributed by atoms with Gasteiger partial charge in [0, 0.05) is 11.1 Å². The first-order valence-corrected chi connectivity index (χ1v) is 5.82. The second kappa shape index (κ2) is 5.00. The molecule has 0 aromatic heterocycles. The SMILES string of the molecule is CC(C(=O)O)C1=CC=C(C(=O)c2ccccc2)C1. The lowest BCUT2D eigenvalue weighted by Gasteiger charge is -2.08. The van der Waals surface area contributed by atoms with Crippen molar-refractivity contribution in [1.29, 1.82) is 0 Å². The molecule has 0 saturated heterocycles. The summed E-state index contributed by atoms with van der Waals surface area (Å²) in [6, 6.07) is 9.02. The molecule has 92 valence electrons. The van der Waals surface area contributed by atoms with Crippen molar-refractivity contribution in [2.75, 3.05) is 0 Å². The fourth-order valence-corrected chi connectivity index (χ4v) is 1.93. The number of benzene rings is 1. The van der Waals surface area contributed by atoms with E-state index in [0.29, 0.717) is 17.6 Å². The van der Waals surface area contributed by atoms with Gasteiger partial charge in [0.05, 0.1) is 5.92 Å². The molecule has 0 saturated carbocycles. The van der Waals surface area contributed by atoms with E-state index in [2.05, 4.69) is 0 Å². The van der Waals surface area contributed by atoms with Gasteiger partial charge in [0.15, 0.2) is 5.78 Å². The zero-order chi connectivity index (χ0) is 13.1. The molecule has 1 atom stereocenters. The minimum Gasteiger partial charge on any atom is -0.481 e. The summed E-state index contributed by atoms with van der Waals surface area (Å²) in [6.07, 6.45) is 3.90. The van der Waals surface area contributed by atoms with E-state index in [-0.39, 0.29) is 5.78 Å². The van der Waals surface area contributed by atoms with Gasteiger partial charge >= 0.3 is 5.97 Å². The Hall–Kier alpha value is -2.16. The van der Waals surface area contributed by atoms with Gasteiger partial charge in [0.2, 0.25) is 0 Å². The largest absolute Gasteiger partial charge is 0.481 e. The summed E-state index contributed by atoms with van der Waals surface area (Å²) < 4.78 is 0. The maximum Gasteiger partial charge on any atom is 0.310 e. The molecule has 1 aromatic rings. The smallest absolute Gasteiger partial charge is 0.310 e. The van der Waals surface area contributed by atoms with Gasteiger partial charge in [-0.15, -0.1) is 0 Å². The Morgan fingerprint density at radius 3 is 2.44 bits per heavy atom. The fourth-order valence-electron chi connectivity index (χ4n) is 1.93. The molecule has 1 aliphatic carbocycles. The van der Waals surface area contributed by atoms with Crippen LogP contribution in [0, 0.1) is 5.92 Å². The highest BCUT2D eigenvalue weighted by atomic mass is 16.4. The van der Waals surface area contributed by atoms with Crippen molar-refractivity contribution < 1.29 is 14.7 Å². The Balaban J connectivity index is 2.08. The number of carbonyl (C=O) groups excluding carboxylic acids is 1. The highest BCUT2D eigenvalue weighted by Crippen LogP contribution is 2.27. The van der Waals surface area contributed by atoms with Crippen LogP contribution in [-0.2, 0) is 4.79 Å². The van der Waals surface area contributed by atoms with Gasteiger partial charge in [-0.3, -0.25) is 9.59 Å². The molecule has 1 aromatic carbocycles. The lowest BCUT2D eigenvalue weighted by molar-refractivity contribution is -0.139. The molecule has 0 amide bonds. The monoisotopic (exact) mass is 242 g/mol. The molecule has 0 spiro atoms. The summed E-state index contributed by atoms with van der Waals surface area (Å²) in [5.74, 6) is -1.43. The highest BCUT2D eigenvalue weighted by molar-refractivity contribution is 6.09. The van der Waals surface area contributed by atoms with Crippen molar-refractivity contribution in [3.8, 4) is 0 Å². The van der Waals surface area contributed by atoms with E-state index in [1.54, 1.807) is 31.2 Å². The molecule has 0 bridgehead atoms. The summed E-state index contributed by atoms with van der Waals surface area (Å²) in [5.41, 5.74) is 2.08. The molecule has 0 heterocycles. The van der Waals surface area contributed by atoms with Crippen LogP contribution in [0.3, 0.4) is 0 Å². The predicted molar refractivity (Wildman–Crippen MR) is 68.4 cm³/mol. The number of allylic oxidation sites excluding steroid dienone is 3. The van der Waals surface area contributed by atoms with Crippen molar-refractivity contribution in [3.05, 3.63) is 59.2 Å². The number of hydrogen-bond donors (Lipinski definition) is 1. The molecule has 2 rings (SSSR count). The molecule has 0 radical (unpaired) electrons. The molecule has 3 heteroatoms. The van der Waals surface area contributed by atoms with Crippen LogP contribution in [0.4, 0.5) is 0 Å². The van der Waals surface area contributed by atoms with Gasteiger partial charge in [0.1, 0.15) is 0 Å². The summed E-state index contributed by atoms with van der Waals surface area (Å²) in [6.45, 7) is 1.64. The van der Waals surface area contributed by atoms with E-state index in [0.717, 1.165) is 5.57 Å². The van der Waals surface area contributed by atoms with Crippen molar-refractivity contribution in [1.82, 2.24) is 0 Å². The minimum absolute atomic E-state index is 0.0283. The zero-order valence-electron chi connectivity index (χ0n) is 10.1. The lowest BCUT2D eigenvalue weighted by atomic mass is 9.95. The van der Waals surface area contributed by atoms with Gasteiger partial charge < -0.3 is 5.11 Å². The Morgan fingerprint density at radius 2 is 1.83 bits per heavy atom. The number of carboxylic acids is 1. The highest BCUT2D eigenvalue weighted by Gasteiger charge is 2.23. The van der Waals surface area contributed by atoms with Crippen molar-refractivity contribution in [3.63, 3.8) is 0 Å². The lowest BCUT2D eigenvalue weighted by Crippen LogP contribution is -2.12. The van der Waals surface area contributed by atoms with E-state index in [1.165, 1.54) is 0 Å². The molecule has 1 unspecified atom stereocenters. The first-order chi connectivity index (χ1) is 8.59. The quantitative estimate of drug-likeness (QED) is 0.826. The first-order valence-electron chi connectivity index (χ1n) is 5.82. The number of ketones is 1. The van der Waals surface area contributed by atoms with E-state index < -0.39 is 11.9 Å². The Kier molecular flexibility index (Phi) is 3.42. The average Bonchev–Trinajstić information content (AvgIpc) is 2.87. The third-order valence-electron chi connectivity index (χ3n) is 3.15. The summed E-state index contributed by atoms with van der Waals surface area (Å²) in [7, 11) is 0. The van der Waals surface area contributed by atoms with Crippen LogP contribution in [-0.4, -0.2) is 16.9 Å². The second-order valence-corrected chi connectivity index (χ2v) is 4.37. The van der Waals surface area contributed by atoms with E-state index >= 15 is 0 Å². The molecule has 1 aliphatic rings. The van der Waals surface area contributed by atoms with Crippen LogP contribution in [0.25, 0.3) is 0 Å². The molecular weight excluding hydrogens is 228 g/mol. The Morgan fingerprint density at radius 1 is 1.17 bits per heavy atom. The standard InChI is InChI=1S/C15H14O3/c1-10(15(17)18)12-7-8-13(9-12)14(16)11-5-3-2-4-6-11/h2-8,10H,9H2,1H3,(H,17,18). The number of Topliss-reactive ketones (excluding diaryl/α,β-unsaturated/α-hetero) is 1. The van der Waals surface area contributed by atoms with Crippen molar-refractivity contribution in [2.45, 2.75) is 13.3 Å². The van der Waals surface area contributed by atoms with E-state index in [9.17, 15) is 9.59 Å². The predicted octanol–water partition coefficient (Wildman–Crippen LogP) is 2.85. The second-order valence-electron chi connectivity index (χ2n) is 4.37. The first kappa shape index (κ1) is 12.3. The van der Waals surface area contributed by atoms with Crippen LogP contribution in [0.2, 0.25) is 0 Å². The normalized spacial score (nSPS) is 15.8. The maximum absolute atomic E-state index is 12.1. The van der Waals surface area contributed by atoms with Crippen molar-refractivity contribution >= 4 is 11.8 Å². The number of rotatable bonds is 4. The molecule has 0 fully saturated rings. The number of hydrogen-bond acceptors (Lipinski definition) is 2. The van der Waals surface area contributed by atoms with Gasteiger partial charge in [-0.2, -0.15) is 0 Å². The number of carboxylic acid groups (broad SMARTS) is 1. The number of carbonyl (C=O) groups is 2. The van der Waals surface area contributed by atoms with E-state index in [4.69, 9.17) is 5.11 Å². The average molecular weight is 242 g/mol. The van der Waals surface area contributed by atoms with Gasteiger partial charge in [-0.05, 0) is 13.3 Å². The molecular formula is C15H14O3. The summed E-state index contributed by atoms with van der Waals surface area (Å²) >= 11 is 0. The summed E-state index contributed by atoms with van der Waals surface area (Å²) in [4.78, 5) is 23.0. The minimum atomic E-state index is -0.858. The third-order valence-corrected chi connectivity index (χ3v) is 3.15. The van der Waals surface area contributed by atoms with Crippen LogP contribution >= 0.6 is 0 Å². The molecule has 0 aliphatic heterocycles. The zero-order valence-corrected chi connectivity index (χ0v) is 10.1. The maximum atomic E-state index is 12.1. The molecule has 18 heavy (non-hydrogen) atoms. The fraction of sp³-hybridized carbons (Fsp3) is 0.200. The van der Waals surface area contributed by atoms with Crippen LogP contribution in [0.15, 0.2) is 53.6 Å². The topological polar surface area (TPSA) is 54.4 Å². The molecule has 3 nitrogen and oxygen atoms in total. The van der Waals surface area contributed by atoms with Gasteiger partial charge in [0.25, 0.3) is 0 Å². The van der Waals surface area contributed by atoms with Crippen LogP contribution < -0.4 is 0 Å². The van der Waals surface area contributed by atoms with Gasteiger partial charge in [-0.1, -0.05) is 48.1 Å². The Labute approximate surface area is 105 Å². The van der Waals surface area contributed by atoms with Crippen molar-refractivity contribution in [2.24, 2.45) is 5.92 Å². The van der Waals surface area contributed by atoms with Crippen LogP contribution in [0.5, 0.6) is 0 Å². The van der Waals surface area contributed by atoms with Crippen LogP contribution in [0.1, 0.15) is 23.7 Å². The van der Waals surface area contributed by atoms with E-state index in [1.807, 2.05) is 18.2 Å². The number of aliphatic carboxylic acids is 1. The summed E-state index contributed by atoms with van der Waals surface area (Å²) in [5, 5.41) is 8.94. The Bertz CT molecular complexity index is 538. The molecule has 1 N–H and O–H groups in total.